The van der Waals surface area contributed by atoms with Gasteiger partial charge in [0.05, 0.1) is 22.1 Å². The summed E-state index contributed by atoms with van der Waals surface area (Å²) in [5.74, 6) is 0. The van der Waals surface area contributed by atoms with Crippen molar-refractivity contribution in [3.63, 3.8) is 0 Å². The predicted octanol–water partition coefficient (Wildman–Crippen LogP) is 13.6. The zero-order chi connectivity index (χ0) is 33.5. The number of benzene rings is 8. The minimum atomic E-state index is 1.17. The number of nitrogens with zero attached hydrogens (tertiary/aromatic N) is 2. The van der Waals surface area contributed by atoms with Gasteiger partial charge in [0.2, 0.25) is 0 Å². The summed E-state index contributed by atoms with van der Waals surface area (Å²) in [6.45, 7) is 0. The maximum Gasteiger partial charge on any atom is 0.0541 e. The van der Waals surface area contributed by atoms with E-state index in [-0.39, 0.29) is 0 Å². The van der Waals surface area contributed by atoms with Crippen LogP contribution in [0.15, 0.2) is 182 Å². The Morgan fingerprint density at radius 1 is 0.314 bits per heavy atom. The molecule has 0 atom stereocenters. The Hall–Kier alpha value is -6.42. The van der Waals surface area contributed by atoms with Crippen LogP contribution in [0.3, 0.4) is 0 Å². The average molecular weight is 667 g/mol. The Morgan fingerprint density at radius 3 is 1.43 bits per heavy atom. The van der Waals surface area contributed by atoms with Crippen molar-refractivity contribution in [2.24, 2.45) is 0 Å². The van der Waals surface area contributed by atoms with E-state index < -0.39 is 0 Å². The maximum absolute atomic E-state index is 2.41. The third kappa shape index (κ3) is 4.29. The molecule has 0 spiro atoms. The van der Waals surface area contributed by atoms with E-state index in [9.17, 15) is 0 Å². The zero-order valence-electron chi connectivity index (χ0n) is 27.6. The maximum atomic E-state index is 2.41. The molecule has 0 aliphatic heterocycles. The van der Waals surface area contributed by atoms with Crippen molar-refractivity contribution < 1.29 is 0 Å². The number of para-hydroxylation sites is 3. The van der Waals surface area contributed by atoms with Crippen LogP contribution < -0.4 is 0 Å². The van der Waals surface area contributed by atoms with Crippen LogP contribution in [0.1, 0.15) is 0 Å². The van der Waals surface area contributed by atoms with Crippen molar-refractivity contribution in [1.82, 2.24) is 9.13 Å². The zero-order valence-corrected chi connectivity index (χ0v) is 28.4. The first-order valence-corrected chi connectivity index (χ1v) is 18.3. The highest BCUT2D eigenvalue weighted by Crippen LogP contribution is 2.43. The van der Waals surface area contributed by atoms with Crippen LogP contribution in [-0.4, -0.2) is 9.13 Å². The van der Waals surface area contributed by atoms with Gasteiger partial charge in [0.25, 0.3) is 0 Å². The molecule has 0 aliphatic carbocycles. The average Bonchev–Trinajstić information content (AvgIpc) is 3.85. The Kier molecular flexibility index (Phi) is 6.16. The molecule has 11 rings (SSSR count). The minimum Gasteiger partial charge on any atom is -0.309 e. The van der Waals surface area contributed by atoms with Crippen molar-refractivity contribution >= 4 is 75.1 Å². The molecule has 0 aliphatic rings. The van der Waals surface area contributed by atoms with Crippen LogP contribution in [-0.2, 0) is 0 Å². The van der Waals surface area contributed by atoms with E-state index in [1.54, 1.807) is 0 Å². The summed E-state index contributed by atoms with van der Waals surface area (Å²) < 4.78 is 7.46. The molecule has 3 heteroatoms. The van der Waals surface area contributed by atoms with Crippen LogP contribution in [0.5, 0.6) is 0 Å². The highest BCUT2D eigenvalue weighted by molar-refractivity contribution is 7.26. The molecule has 0 N–H and O–H groups in total. The summed E-state index contributed by atoms with van der Waals surface area (Å²) in [5.41, 5.74) is 12.2. The van der Waals surface area contributed by atoms with E-state index in [1.807, 2.05) is 11.3 Å². The molecule has 0 fully saturated rings. The van der Waals surface area contributed by atoms with Gasteiger partial charge in [-0.05, 0) is 95.1 Å². The molecule has 0 radical (unpaired) electrons. The smallest absolute Gasteiger partial charge is 0.0541 e. The monoisotopic (exact) mass is 666 g/mol. The van der Waals surface area contributed by atoms with Gasteiger partial charge in [0.1, 0.15) is 0 Å². The van der Waals surface area contributed by atoms with Gasteiger partial charge in [-0.2, -0.15) is 0 Å². The van der Waals surface area contributed by atoms with Crippen molar-refractivity contribution in [1.29, 1.82) is 0 Å². The van der Waals surface area contributed by atoms with Crippen LogP contribution in [0.4, 0.5) is 0 Å². The molecule has 2 nitrogen and oxygen atoms in total. The van der Waals surface area contributed by atoms with Crippen LogP contribution in [0.2, 0.25) is 0 Å². The quantitative estimate of drug-likeness (QED) is 0.177. The third-order valence-electron chi connectivity index (χ3n) is 10.5. The molecule has 8 aromatic carbocycles. The van der Waals surface area contributed by atoms with E-state index in [2.05, 4.69) is 191 Å². The van der Waals surface area contributed by atoms with Gasteiger partial charge in [-0.25, -0.2) is 0 Å². The molecule has 0 bridgehead atoms. The lowest BCUT2D eigenvalue weighted by Crippen LogP contribution is -1.93. The summed E-state index contributed by atoms with van der Waals surface area (Å²) in [4.78, 5) is 0. The fourth-order valence-corrected chi connectivity index (χ4v) is 9.45. The largest absolute Gasteiger partial charge is 0.309 e. The number of hydrogen-bond acceptors (Lipinski definition) is 1. The van der Waals surface area contributed by atoms with Gasteiger partial charge in [-0.3, -0.25) is 0 Å². The highest BCUT2D eigenvalue weighted by atomic mass is 32.1. The molecule has 3 heterocycles. The van der Waals surface area contributed by atoms with Crippen LogP contribution in [0, 0.1) is 0 Å². The van der Waals surface area contributed by atoms with Crippen molar-refractivity contribution in [2.75, 3.05) is 0 Å². The van der Waals surface area contributed by atoms with Crippen molar-refractivity contribution in [2.45, 2.75) is 0 Å². The summed E-state index contributed by atoms with van der Waals surface area (Å²) in [7, 11) is 0. The van der Waals surface area contributed by atoms with Gasteiger partial charge >= 0.3 is 0 Å². The number of rotatable bonds is 4. The first kappa shape index (κ1) is 28.4. The molecule has 11 aromatic rings. The van der Waals surface area contributed by atoms with Gasteiger partial charge in [-0.1, -0.05) is 109 Å². The molecule has 3 aromatic heterocycles. The standard InChI is InChI=1S/C48H30N2S/c1-3-12-34(13-4-1)49-43-20-9-7-16-37(43)40-28-31(22-25-44(40)49)32-23-26-45-41(29-32)42-30-33(24-27-46(42)50(45)35-14-5-2-6-15-35)36-18-11-19-39-38-17-8-10-21-47(38)51-48(36)39/h1-30H. The molecule has 0 amide bonds. The first-order valence-electron chi connectivity index (χ1n) is 17.4. The van der Waals surface area contributed by atoms with E-state index in [4.69, 9.17) is 0 Å². The minimum absolute atomic E-state index is 1.17. The topological polar surface area (TPSA) is 9.86 Å². The van der Waals surface area contributed by atoms with Gasteiger partial charge < -0.3 is 9.13 Å². The number of thiophene rings is 1. The second-order valence-corrected chi connectivity index (χ2v) is 14.4. The van der Waals surface area contributed by atoms with Gasteiger partial charge in [0, 0.05) is 53.1 Å². The lowest BCUT2D eigenvalue weighted by molar-refractivity contribution is 1.18. The summed E-state index contributed by atoms with van der Waals surface area (Å²) in [5, 5.41) is 7.69. The SMILES string of the molecule is c1ccc(-n2c3ccccc3c3cc(-c4ccc5c(c4)c4cc(-c6cccc7c6sc6ccccc67)ccc4n5-c4ccccc4)ccc32)cc1. The Morgan fingerprint density at radius 2 is 0.784 bits per heavy atom. The summed E-state index contributed by atoms with van der Waals surface area (Å²) >= 11 is 1.89. The van der Waals surface area contributed by atoms with Gasteiger partial charge in [-0.15, -0.1) is 11.3 Å². The molecule has 51 heavy (non-hydrogen) atoms. The summed E-state index contributed by atoms with van der Waals surface area (Å²) in [6.07, 6.45) is 0. The first-order chi connectivity index (χ1) is 25.3. The molecule has 0 saturated carbocycles. The second-order valence-electron chi connectivity index (χ2n) is 13.3. The fraction of sp³-hybridized carbons (Fsp3) is 0. The lowest BCUT2D eigenvalue weighted by atomic mass is 9.98. The van der Waals surface area contributed by atoms with Crippen molar-refractivity contribution in [3.05, 3.63) is 182 Å². The van der Waals surface area contributed by atoms with Crippen LogP contribution in [0.25, 0.3) is 97.4 Å². The number of hydrogen-bond donors (Lipinski definition) is 0. The number of aromatic nitrogens is 2. The molecule has 0 saturated heterocycles. The fourth-order valence-electron chi connectivity index (χ4n) is 8.21. The Labute approximate surface area is 298 Å². The Bertz CT molecular complexity index is 3130. The lowest BCUT2D eigenvalue weighted by Gasteiger charge is -2.09. The number of fused-ring (bicyclic) bond motifs is 9. The Balaban J connectivity index is 1.14. The second kappa shape index (κ2) is 11.0. The van der Waals surface area contributed by atoms with E-state index >= 15 is 0 Å². The third-order valence-corrected chi connectivity index (χ3v) is 11.7. The predicted molar refractivity (Wildman–Crippen MR) is 219 cm³/mol. The van der Waals surface area contributed by atoms with E-state index in [0.717, 1.165) is 0 Å². The normalized spacial score (nSPS) is 11.9. The molecular weight excluding hydrogens is 637 g/mol. The van der Waals surface area contributed by atoms with Gasteiger partial charge in [0.15, 0.2) is 0 Å². The molecule has 0 unspecified atom stereocenters. The highest BCUT2D eigenvalue weighted by Gasteiger charge is 2.18. The van der Waals surface area contributed by atoms with E-state index in [1.165, 1.54) is 97.4 Å². The van der Waals surface area contributed by atoms with Crippen LogP contribution >= 0.6 is 11.3 Å². The van der Waals surface area contributed by atoms with E-state index in [0.29, 0.717) is 0 Å². The van der Waals surface area contributed by atoms with Crippen molar-refractivity contribution in [3.8, 4) is 33.6 Å². The molecular formula is C48H30N2S. The summed E-state index contributed by atoms with van der Waals surface area (Å²) in [6, 6.07) is 66.6. The molecule has 238 valence electrons.